The maximum atomic E-state index is 15.2. The standard InChI is InChI=1S/C26H32FNO5/c1-32-18-6-22(25(30)31)28(12-18)24(29)20-7-19(15-2-3-15)23(8-21(20)27)33-13-26-9-14-4-16(10-26)17(5-14)11-26/h7-8,14-18,22H,2-6,9-13H2,1H3,(H,30,31)/t14?,16?,17?,18-,22+,26?/m1/s1. The summed E-state index contributed by atoms with van der Waals surface area (Å²) in [6.45, 7) is 0.778. The average molecular weight is 458 g/mol. The summed E-state index contributed by atoms with van der Waals surface area (Å²) in [6.07, 6.45) is 8.30. The lowest BCUT2D eigenvalue weighted by atomic mass is 9.70. The van der Waals surface area contributed by atoms with Crippen molar-refractivity contribution in [1.29, 1.82) is 0 Å². The van der Waals surface area contributed by atoms with Gasteiger partial charge in [0.05, 0.1) is 18.3 Å². The van der Waals surface area contributed by atoms with Crippen molar-refractivity contribution in [3.05, 3.63) is 29.1 Å². The van der Waals surface area contributed by atoms with Crippen LogP contribution in [-0.2, 0) is 9.53 Å². The Morgan fingerprint density at radius 3 is 2.48 bits per heavy atom. The maximum absolute atomic E-state index is 15.2. The molecule has 6 aliphatic rings. The molecule has 0 aromatic heterocycles. The van der Waals surface area contributed by atoms with Crippen molar-refractivity contribution in [1.82, 2.24) is 4.90 Å². The second-order valence-electron chi connectivity index (χ2n) is 11.3. The number of hydrogen-bond donors (Lipinski definition) is 1. The molecule has 1 aromatic rings. The topological polar surface area (TPSA) is 76.1 Å². The SMILES string of the molecule is CO[C@@H]1C[C@@H](C(=O)O)N(C(=O)c2cc(C3CC3)c(OCC34CC5CC(C3)C(C5)C4)cc2F)C1. The third-order valence-corrected chi connectivity index (χ3v) is 9.07. The fourth-order valence-corrected chi connectivity index (χ4v) is 7.54. The summed E-state index contributed by atoms with van der Waals surface area (Å²) in [5.41, 5.74) is 1.06. The molecule has 2 unspecified atom stereocenters. The van der Waals surface area contributed by atoms with Gasteiger partial charge in [0, 0.05) is 31.6 Å². The molecule has 1 amide bonds. The second kappa shape index (κ2) is 7.69. The Morgan fingerprint density at radius 2 is 1.88 bits per heavy atom. The summed E-state index contributed by atoms with van der Waals surface area (Å²) in [5.74, 6) is 1.07. The number of carboxylic acids is 1. The lowest BCUT2D eigenvalue weighted by Gasteiger charge is -2.38. The van der Waals surface area contributed by atoms with Gasteiger partial charge in [0.1, 0.15) is 17.6 Å². The van der Waals surface area contributed by atoms with Crippen molar-refractivity contribution >= 4 is 11.9 Å². The van der Waals surface area contributed by atoms with Gasteiger partial charge in [-0.05, 0) is 80.2 Å². The fourth-order valence-electron chi connectivity index (χ4n) is 7.54. The number of halogens is 1. The molecular formula is C26H32FNO5. The predicted octanol–water partition coefficient (Wildman–Crippen LogP) is 4.22. The number of rotatable bonds is 7. The van der Waals surface area contributed by atoms with Gasteiger partial charge in [-0.25, -0.2) is 9.18 Å². The van der Waals surface area contributed by atoms with Crippen LogP contribution in [0.1, 0.15) is 73.2 Å². The first-order valence-corrected chi connectivity index (χ1v) is 12.4. The number of benzene rings is 1. The van der Waals surface area contributed by atoms with Gasteiger partial charge in [-0.3, -0.25) is 4.79 Å². The molecule has 178 valence electrons. The number of likely N-dealkylation sites (tertiary alicyclic amines) is 1. The molecule has 6 fully saturated rings. The van der Waals surface area contributed by atoms with Crippen molar-refractivity contribution in [2.24, 2.45) is 23.2 Å². The van der Waals surface area contributed by atoms with Crippen molar-refractivity contribution in [2.45, 2.75) is 69.4 Å². The van der Waals surface area contributed by atoms with Crippen LogP contribution in [0, 0.1) is 29.0 Å². The number of hydrogen-bond acceptors (Lipinski definition) is 4. The van der Waals surface area contributed by atoms with Crippen molar-refractivity contribution in [3.63, 3.8) is 0 Å². The molecule has 4 bridgehead atoms. The summed E-state index contributed by atoms with van der Waals surface area (Å²) in [7, 11) is 1.50. The lowest BCUT2D eigenvalue weighted by molar-refractivity contribution is -0.141. The van der Waals surface area contributed by atoms with Crippen LogP contribution in [0.25, 0.3) is 0 Å². The Kier molecular flexibility index (Phi) is 4.98. The highest BCUT2D eigenvalue weighted by Gasteiger charge is 2.56. The number of nitrogens with zero attached hydrogens (tertiary/aromatic N) is 1. The predicted molar refractivity (Wildman–Crippen MR) is 118 cm³/mol. The van der Waals surface area contributed by atoms with E-state index in [9.17, 15) is 14.7 Å². The van der Waals surface area contributed by atoms with Crippen molar-refractivity contribution in [3.8, 4) is 5.75 Å². The van der Waals surface area contributed by atoms with Crippen molar-refractivity contribution < 1.29 is 28.6 Å². The first kappa shape index (κ1) is 21.4. The van der Waals surface area contributed by atoms with E-state index in [-0.39, 0.29) is 36.0 Å². The van der Waals surface area contributed by atoms with Gasteiger partial charge in [0.25, 0.3) is 5.91 Å². The molecule has 5 aliphatic carbocycles. The smallest absolute Gasteiger partial charge is 0.326 e. The molecule has 1 aliphatic heterocycles. The lowest BCUT2D eigenvalue weighted by Crippen LogP contribution is -2.41. The molecule has 1 N–H and O–H groups in total. The van der Waals surface area contributed by atoms with E-state index in [1.54, 1.807) is 6.07 Å². The number of carbonyl (C=O) groups is 2. The minimum Gasteiger partial charge on any atom is -0.493 e. The van der Waals surface area contributed by atoms with E-state index in [0.29, 0.717) is 12.4 Å². The molecule has 4 atom stereocenters. The quantitative estimate of drug-likeness (QED) is 0.663. The maximum Gasteiger partial charge on any atom is 0.326 e. The van der Waals surface area contributed by atoms with E-state index in [4.69, 9.17) is 9.47 Å². The van der Waals surface area contributed by atoms with Gasteiger partial charge in [-0.15, -0.1) is 0 Å². The van der Waals surface area contributed by atoms with E-state index in [2.05, 4.69) is 0 Å². The third-order valence-electron chi connectivity index (χ3n) is 9.07. The molecule has 5 saturated carbocycles. The van der Waals surface area contributed by atoms with Crippen LogP contribution in [-0.4, -0.2) is 54.3 Å². The third kappa shape index (κ3) is 3.63. The zero-order chi connectivity index (χ0) is 22.9. The number of carboxylic acid groups (broad SMARTS) is 1. The molecule has 1 aromatic carbocycles. The van der Waals surface area contributed by atoms with Crippen molar-refractivity contribution in [2.75, 3.05) is 20.3 Å². The van der Waals surface area contributed by atoms with E-state index < -0.39 is 23.7 Å². The first-order chi connectivity index (χ1) is 15.9. The van der Waals surface area contributed by atoms with Gasteiger partial charge >= 0.3 is 5.97 Å². The first-order valence-electron chi connectivity index (χ1n) is 12.4. The molecule has 0 radical (unpaired) electrons. The highest BCUT2D eigenvalue weighted by atomic mass is 19.1. The Morgan fingerprint density at radius 1 is 1.15 bits per heavy atom. The van der Waals surface area contributed by atoms with Gasteiger partial charge in [-0.1, -0.05) is 0 Å². The zero-order valence-electron chi connectivity index (χ0n) is 19.1. The van der Waals surface area contributed by atoms with Gasteiger partial charge in [-0.2, -0.15) is 0 Å². The molecule has 1 saturated heterocycles. The molecule has 7 rings (SSSR count). The highest BCUT2D eigenvalue weighted by molar-refractivity contribution is 5.97. The number of ether oxygens (including phenoxy) is 2. The van der Waals surface area contributed by atoms with Gasteiger partial charge < -0.3 is 19.5 Å². The summed E-state index contributed by atoms with van der Waals surface area (Å²) in [6, 6.07) is 1.99. The Balaban J connectivity index is 1.24. The van der Waals surface area contributed by atoms with Crippen LogP contribution in [0.3, 0.4) is 0 Å². The molecule has 6 nitrogen and oxygen atoms in total. The molecule has 0 spiro atoms. The largest absolute Gasteiger partial charge is 0.493 e. The van der Waals surface area contributed by atoms with Crippen LogP contribution in [0.5, 0.6) is 5.75 Å². The molecule has 33 heavy (non-hydrogen) atoms. The Bertz CT molecular complexity index is 972. The summed E-state index contributed by atoms with van der Waals surface area (Å²) >= 11 is 0. The Labute approximate surface area is 193 Å². The monoisotopic (exact) mass is 457 g/mol. The van der Waals surface area contributed by atoms with Crippen LogP contribution >= 0.6 is 0 Å². The minimum absolute atomic E-state index is 0.0646. The summed E-state index contributed by atoms with van der Waals surface area (Å²) < 4.78 is 26.8. The number of aliphatic carboxylic acids is 1. The fraction of sp³-hybridized carbons (Fsp3) is 0.692. The average Bonchev–Trinajstić information content (AvgIpc) is 3.40. The second-order valence-corrected chi connectivity index (χ2v) is 11.3. The molecular weight excluding hydrogens is 425 g/mol. The number of amides is 1. The van der Waals surface area contributed by atoms with Crippen LogP contribution in [0.15, 0.2) is 12.1 Å². The van der Waals surface area contributed by atoms with E-state index in [1.165, 1.54) is 50.2 Å². The molecule has 7 heteroatoms. The zero-order valence-corrected chi connectivity index (χ0v) is 19.1. The van der Waals surface area contributed by atoms with E-state index >= 15 is 4.39 Å². The van der Waals surface area contributed by atoms with E-state index in [0.717, 1.165) is 36.2 Å². The van der Waals surface area contributed by atoms with Gasteiger partial charge in [0.15, 0.2) is 0 Å². The normalized spacial score (nSPS) is 36.5. The van der Waals surface area contributed by atoms with Crippen LogP contribution in [0.4, 0.5) is 4.39 Å². The van der Waals surface area contributed by atoms with Crippen LogP contribution < -0.4 is 4.74 Å². The highest BCUT2D eigenvalue weighted by Crippen LogP contribution is 2.64. The summed E-state index contributed by atoms with van der Waals surface area (Å²) in [5, 5.41) is 9.56. The molecule has 1 heterocycles. The Hall–Kier alpha value is -2.15. The van der Waals surface area contributed by atoms with E-state index in [1.807, 2.05) is 0 Å². The number of carbonyl (C=O) groups excluding carboxylic acids is 1. The van der Waals surface area contributed by atoms with Crippen LogP contribution in [0.2, 0.25) is 0 Å². The van der Waals surface area contributed by atoms with Gasteiger partial charge in [0.2, 0.25) is 0 Å². The number of methoxy groups -OCH3 is 1. The summed E-state index contributed by atoms with van der Waals surface area (Å²) in [4.78, 5) is 26.2. The minimum atomic E-state index is -1.09.